The van der Waals surface area contributed by atoms with Crippen LogP contribution < -0.4 is 0 Å². The highest BCUT2D eigenvalue weighted by atomic mass is 32.2. The van der Waals surface area contributed by atoms with Crippen LogP contribution in [-0.4, -0.2) is 19.4 Å². The quantitative estimate of drug-likeness (QED) is 0.695. The van der Waals surface area contributed by atoms with Crippen molar-refractivity contribution in [3.63, 3.8) is 0 Å². The lowest BCUT2D eigenvalue weighted by molar-refractivity contribution is 0.489. The summed E-state index contributed by atoms with van der Waals surface area (Å²) in [4.78, 5) is 5.66. The molecule has 0 atom stereocenters. The van der Waals surface area contributed by atoms with E-state index in [4.69, 9.17) is 4.18 Å². The largest absolute Gasteiger partial charge is 0.314 e. The highest BCUT2D eigenvalue weighted by Crippen LogP contribution is 2.28. The van der Waals surface area contributed by atoms with E-state index < -0.39 is 0 Å². The Morgan fingerprint density at radius 2 is 2.29 bits per heavy atom. The van der Waals surface area contributed by atoms with Gasteiger partial charge in [0.25, 0.3) is 0 Å². The smallest absolute Gasteiger partial charge is 0.0508 e. The van der Waals surface area contributed by atoms with Gasteiger partial charge in [-0.25, -0.2) is 0 Å². The Bertz CT molecular complexity index is 374. The molecule has 1 aromatic rings. The predicted octanol–water partition coefficient (Wildman–Crippen LogP) is 2.71. The van der Waals surface area contributed by atoms with Crippen molar-refractivity contribution in [1.29, 1.82) is 0 Å². The van der Waals surface area contributed by atoms with Crippen molar-refractivity contribution in [2.24, 2.45) is 4.99 Å². The van der Waals surface area contributed by atoms with Crippen LogP contribution in [0.25, 0.3) is 0 Å². The lowest BCUT2D eigenvalue weighted by Crippen LogP contribution is -2.10. The fourth-order valence-electron chi connectivity index (χ4n) is 1.75. The van der Waals surface area contributed by atoms with Gasteiger partial charge in [0.1, 0.15) is 0 Å². The fraction of sp³-hybridized carbons (Fsp3) is 0.364. The molecule has 0 saturated heterocycles. The van der Waals surface area contributed by atoms with E-state index in [1.165, 1.54) is 28.1 Å². The molecule has 0 bridgehead atoms. The normalized spacial score (nSPS) is 14.9. The van der Waals surface area contributed by atoms with Gasteiger partial charge in [-0.2, -0.15) is 0 Å². The molecule has 0 unspecified atom stereocenters. The van der Waals surface area contributed by atoms with Crippen molar-refractivity contribution in [2.45, 2.75) is 18.2 Å². The lowest BCUT2D eigenvalue weighted by atomic mass is 9.98. The topological polar surface area (TPSA) is 21.6 Å². The van der Waals surface area contributed by atoms with E-state index in [1.54, 1.807) is 7.11 Å². The third-order valence-electron chi connectivity index (χ3n) is 2.41. The second kappa shape index (κ2) is 4.15. The third kappa shape index (κ3) is 1.70. The standard InChI is InChI=1S/C11H13NOS/c1-8-9-4-3-5-11(14-13-2)10(9)6-7-12-8/h3-5H,6-7H2,1-2H3. The molecule has 1 aromatic carbocycles. The van der Waals surface area contributed by atoms with E-state index in [1.807, 2.05) is 0 Å². The van der Waals surface area contributed by atoms with Crippen molar-refractivity contribution in [2.75, 3.05) is 13.7 Å². The second-order valence-corrected chi connectivity index (χ2v) is 4.19. The van der Waals surface area contributed by atoms with E-state index in [0.717, 1.165) is 18.7 Å². The van der Waals surface area contributed by atoms with E-state index in [0.29, 0.717) is 0 Å². The first kappa shape index (κ1) is 9.74. The Balaban J connectivity index is 2.46. The van der Waals surface area contributed by atoms with Gasteiger partial charge >= 0.3 is 0 Å². The van der Waals surface area contributed by atoms with Gasteiger partial charge in [0.15, 0.2) is 0 Å². The maximum Gasteiger partial charge on any atom is 0.0508 e. The first-order valence-corrected chi connectivity index (χ1v) is 5.41. The van der Waals surface area contributed by atoms with Crippen LogP contribution in [0.3, 0.4) is 0 Å². The molecule has 14 heavy (non-hydrogen) atoms. The molecule has 74 valence electrons. The summed E-state index contributed by atoms with van der Waals surface area (Å²) in [5, 5.41) is 0. The van der Waals surface area contributed by atoms with Gasteiger partial charge in [-0.05, 0) is 30.5 Å². The molecule has 2 rings (SSSR count). The van der Waals surface area contributed by atoms with Crippen LogP contribution in [0.2, 0.25) is 0 Å². The van der Waals surface area contributed by atoms with Crippen molar-refractivity contribution in [3.05, 3.63) is 29.3 Å². The number of fused-ring (bicyclic) bond motifs is 1. The highest BCUT2D eigenvalue weighted by molar-refractivity contribution is 7.94. The van der Waals surface area contributed by atoms with E-state index >= 15 is 0 Å². The molecule has 0 aromatic heterocycles. The molecule has 3 heteroatoms. The van der Waals surface area contributed by atoms with Gasteiger partial charge in [0.05, 0.1) is 7.11 Å². The predicted molar refractivity (Wildman–Crippen MR) is 60.1 cm³/mol. The SMILES string of the molecule is COSc1cccc2c1CCN=C2C. The molecule has 1 aliphatic heterocycles. The summed E-state index contributed by atoms with van der Waals surface area (Å²) in [5.74, 6) is 0. The maximum atomic E-state index is 5.11. The fourth-order valence-corrected chi connectivity index (χ4v) is 2.38. The van der Waals surface area contributed by atoms with E-state index in [2.05, 4.69) is 30.1 Å². The monoisotopic (exact) mass is 207 g/mol. The average Bonchev–Trinajstić information content (AvgIpc) is 2.20. The molecule has 0 amide bonds. The number of rotatable bonds is 2. The molecule has 2 nitrogen and oxygen atoms in total. The Morgan fingerprint density at radius 1 is 1.43 bits per heavy atom. The van der Waals surface area contributed by atoms with Crippen LogP contribution in [-0.2, 0) is 10.6 Å². The van der Waals surface area contributed by atoms with Crippen molar-refractivity contribution in [1.82, 2.24) is 0 Å². The summed E-state index contributed by atoms with van der Waals surface area (Å²) >= 11 is 1.44. The van der Waals surface area contributed by atoms with Crippen LogP contribution in [0.5, 0.6) is 0 Å². The second-order valence-electron chi connectivity index (χ2n) is 3.25. The maximum absolute atomic E-state index is 5.11. The number of benzene rings is 1. The van der Waals surface area contributed by atoms with Crippen LogP contribution in [0.4, 0.5) is 0 Å². The molecule has 0 saturated carbocycles. The highest BCUT2D eigenvalue weighted by Gasteiger charge is 2.14. The summed E-state index contributed by atoms with van der Waals surface area (Å²) < 4.78 is 5.11. The Morgan fingerprint density at radius 3 is 3.07 bits per heavy atom. The summed E-state index contributed by atoms with van der Waals surface area (Å²) in [6.45, 7) is 2.97. The van der Waals surface area contributed by atoms with Gasteiger partial charge in [0.2, 0.25) is 0 Å². The average molecular weight is 207 g/mol. The van der Waals surface area contributed by atoms with Crippen molar-refractivity contribution < 1.29 is 4.18 Å². The van der Waals surface area contributed by atoms with Crippen LogP contribution in [0, 0.1) is 0 Å². The third-order valence-corrected chi connectivity index (χ3v) is 3.14. The lowest BCUT2D eigenvalue weighted by Gasteiger charge is -2.16. The number of hydrogen-bond acceptors (Lipinski definition) is 3. The summed E-state index contributed by atoms with van der Waals surface area (Å²) in [5.41, 5.74) is 3.80. The zero-order valence-electron chi connectivity index (χ0n) is 8.41. The minimum atomic E-state index is 0.903. The molecule has 0 N–H and O–H groups in total. The Hall–Kier alpha value is -0.800. The minimum Gasteiger partial charge on any atom is -0.314 e. The molecule has 1 heterocycles. The zero-order chi connectivity index (χ0) is 9.97. The van der Waals surface area contributed by atoms with Crippen molar-refractivity contribution >= 4 is 17.8 Å². The Kier molecular flexibility index (Phi) is 2.89. The van der Waals surface area contributed by atoms with Gasteiger partial charge in [-0.3, -0.25) is 4.99 Å². The number of nitrogens with zero attached hydrogens (tertiary/aromatic N) is 1. The van der Waals surface area contributed by atoms with Crippen LogP contribution in [0.15, 0.2) is 28.1 Å². The van der Waals surface area contributed by atoms with E-state index in [-0.39, 0.29) is 0 Å². The minimum absolute atomic E-state index is 0.903. The van der Waals surface area contributed by atoms with Gasteiger partial charge in [-0.15, -0.1) is 0 Å². The molecular formula is C11H13NOS. The number of aliphatic imine (C=N–C) groups is 1. The van der Waals surface area contributed by atoms with E-state index in [9.17, 15) is 0 Å². The van der Waals surface area contributed by atoms with Gasteiger partial charge < -0.3 is 4.18 Å². The van der Waals surface area contributed by atoms with Gasteiger partial charge in [0, 0.05) is 29.2 Å². The van der Waals surface area contributed by atoms with Crippen molar-refractivity contribution in [3.8, 4) is 0 Å². The summed E-state index contributed by atoms with van der Waals surface area (Å²) in [6.07, 6.45) is 1.03. The zero-order valence-corrected chi connectivity index (χ0v) is 9.23. The summed E-state index contributed by atoms with van der Waals surface area (Å²) in [7, 11) is 1.70. The number of hydrogen-bond donors (Lipinski definition) is 0. The first-order chi connectivity index (χ1) is 6.83. The van der Waals surface area contributed by atoms with Gasteiger partial charge in [-0.1, -0.05) is 12.1 Å². The van der Waals surface area contributed by atoms with Crippen LogP contribution >= 0.6 is 12.0 Å². The molecule has 0 spiro atoms. The first-order valence-electron chi connectivity index (χ1n) is 4.67. The summed E-state index contributed by atoms with van der Waals surface area (Å²) in [6, 6.07) is 6.29. The Labute approximate surface area is 88.6 Å². The molecule has 0 radical (unpaired) electrons. The molecule has 1 aliphatic rings. The molecule has 0 aliphatic carbocycles. The molecular weight excluding hydrogens is 194 g/mol. The van der Waals surface area contributed by atoms with Crippen LogP contribution in [0.1, 0.15) is 18.1 Å². The molecule has 0 fully saturated rings.